The summed E-state index contributed by atoms with van der Waals surface area (Å²) < 4.78 is 39.3. The van der Waals surface area contributed by atoms with Gasteiger partial charge in [0.05, 0.1) is 5.41 Å². The van der Waals surface area contributed by atoms with Crippen LogP contribution in [0.25, 0.3) is 10.3 Å². The molecule has 2 aromatic rings. The lowest BCUT2D eigenvalue weighted by Gasteiger charge is -2.48. The van der Waals surface area contributed by atoms with Crippen molar-refractivity contribution < 1.29 is 23.1 Å². The Bertz CT molecular complexity index is 973. The van der Waals surface area contributed by atoms with E-state index in [1.165, 1.54) is 0 Å². The summed E-state index contributed by atoms with van der Waals surface area (Å²) in [5.41, 5.74) is -1.76. The molecule has 1 saturated heterocycles. The van der Waals surface area contributed by atoms with E-state index in [-0.39, 0.29) is 16.2 Å². The van der Waals surface area contributed by atoms with E-state index in [0.717, 1.165) is 29.2 Å². The Balaban J connectivity index is 1.92. The van der Waals surface area contributed by atoms with E-state index in [1.807, 2.05) is 6.92 Å². The van der Waals surface area contributed by atoms with Crippen molar-refractivity contribution in [2.45, 2.75) is 59.7 Å². The first-order valence-corrected chi connectivity index (χ1v) is 11.4. The van der Waals surface area contributed by atoms with Gasteiger partial charge in [-0.15, -0.1) is 11.3 Å². The lowest BCUT2D eigenvalue weighted by molar-refractivity contribution is -0.157. The number of piperidine rings is 1. The number of carboxylic acids is 1. The topological polar surface area (TPSA) is 66.3 Å². The van der Waals surface area contributed by atoms with E-state index in [2.05, 4.69) is 35.6 Å². The Morgan fingerprint density at radius 1 is 1.35 bits per heavy atom. The Hall–Kier alpha value is -1.45. The number of carboxylic acid groups (broad SMARTS) is 1. The minimum atomic E-state index is -4.67. The van der Waals surface area contributed by atoms with Crippen molar-refractivity contribution in [3.8, 4) is 0 Å². The second-order valence-electron chi connectivity index (χ2n) is 9.54. The lowest BCUT2D eigenvalue weighted by Crippen LogP contribution is -2.53. The van der Waals surface area contributed by atoms with Crippen LogP contribution in [0.2, 0.25) is 5.15 Å². The van der Waals surface area contributed by atoms with Crippen molar-refractivity contribution in [1.82, 2.24) is 14.9 Å². The molecule has 1 aliphatic heterocycles. The van der Waals surface area contributed by atoms with E-state index in [4.69, 9.17) is 11.6 Å². The van der Waals surface area contributed by atoms with E-state index in [0.29, 0.717) is 31.4 Å². The quantitative estimate of drug-likeness (QED) is 0.563. The van der Waals surface area contributed by atoms with Crippen LogP contribution in [-0.4, -0.2) is 39.0 Å². The average molecular weight is 478 g/mol. The SMILES string of the molecule is CCC[C@@]1(C(=O)O)C[C@@H](C(C)(C)C)CN(Cc2cc3nc(Cl)c(C(F)(F)F)nc3s2)C1. The number of carbonyl (C=O) groups is 1. The van der Waals surface area contributed by atoms with Crippen LogP contribution in [0.3, 0.4) is 0 Å². The summed E-state index contributed by atoms with van der Waals surface area (Å²) in [4.78, 5) is 22.9. The molecule has 0 spiro atoms. The highest BCUT2D eigenvalue weighted by Gasteiger charge is 2.47. The number of alkyl halides is 3. The highest BCUT2D eigenvalue weighted by Crippen LogP contribution is 2.45. The summed E-state index contributed by atoms with van der Waals surface area (Å²) in [5.74, 6) is -0.602. The van der Waals surface area contributed by atoms with Gasteiger partial charge in [-0.25, -0.2) is 9.97 Å². The summed E-state index contributed by atoms with van der Waals surface area (Å²) >= 11 is 6.84. The predicted octanol–water partition coefficient (Wildman–Crippen LogP) is 6.10. The Kier molecular flexibility index (Phi) is 6.62. The molecule has 1 aliphatic rings. The predicted molar refractivity (Wildman–Crippen MR) is 115 cm³/mol. The normalized spacial score (nSPS) is 23.4. The van der Waals surface area contributed by atoms with Gasteiger partial charge in [0.1, 0.15) is 10.3 Å². The molecule has 0 radical (unpaired) electrons. The zero-order chi connectivity index (χ0) is 23.2. The monoisotopic (exact) mass is 477 g/mol. The number of hydrogen-bond acceptors (Lipinski definition) is 5. The second-order valence-corrected chi connectivity index (χ2v) is 11.0. The molecule has 0 amide bonds. The molecular formula is C21H27ClF3N3O2S. The molecule has 0 unspecified atom stereocenters. The Morgan fingerprint density at radius 2 is 2.03 bits per heavy atom. The molecule has 1 N–H and O–H groups in total. The number of likely N-dealkylation sites (tertiary alicyclic amines) is 1. The summed E-state index contributed by atoms with van der Waals surface area (Å²) in [6, 6.07) is 1.70. The molecule has 31 heavy (non-hydrogen) atoms. The van der Waals surface area contributed by atoms with Gasteiger partial charge in [-0.2, -0.15) is 13.2 Å². The first-order chi connectivity index (χ1) is 14.2. The highest BCUT2D eigenvalue weighted by molar-refractivity contribution is 7.18. The molecule has 10 heteroatoms. The number of halogens is 4. The van der Waals surface area contributed by atoms with E-state index in [1.54, 1.807) is 6.07 Å². The number of rotatable bonds is 5. The van der Waals surface area contributed by atoms with Gasteiger partial charge in [-0.1, -0.05) is 45.7 Å². The molecule has 2 aromatic heterocycles. The Labute approximate surface area is 188 Å². The lowest BCUT2D eigenvalue weighted by atomic mass is 9.65. The molecule has 0 bridgehead atoms. The molecule has 1 fully saturated rings. The first-order valence-electron chi connectivity index (χ1n) is 10.2. The third-order valence-corrected chi connectivity index (χ3v) is 7.34. The fraction of sp³-hybridized carbons (Fsp3) is 0.667. The van der Waals surface area contributed by atoms with Gasteiger partial charge in [0.2, 0.25) is 0 Å². The first kappa shape index (κ1) is 24.2. The van der Waals surface area contributed by atoms with Gasteiger partial charge >= 0.3 is 12.1 Å². The van der Waals surface area contributed by atoms with Crippen LogP contribution in [0.5, 0.6) is 0 Å². The van der Waals surface area contributed by atoms with Crippen LogP contribution in [0.15, 0.2) is 6.07 Å². The van der Waals surface area contributed by atoms with Gasteiger partial charge in [0.25, 0.3) is 0 Å². The minimum absolute atomic E-state index is 0.0640. The maximum atomic E-state index is 13.1. The van der Waals surface area contributed by atoms with Crippen molar-refractivity contribution in [2.24, 2.45) is 16.7 Å². The average Bonchev–Trinajstić information content (AvgIpc) is 3.00. The smallest absolute Gasteiger partial charge is 0.436 e. The maximum Gasteiger partial charge on any atom is 0.436 e. The number of aromatic nitrogens is 2. The third-order valence-electron chi connectivity index (χ3n) is 6.07. The molecule has 0 aromatic carbocycles. The van der Waals surface area contributed by atoms with Crippen molar-refractivity contribution in [2.75, 3.05) is 13.1 Å². The zero-order valence-corrected chi connectivity index (χ0v) is 19.6. The zero-order valence-electron chi connectivity index (χ0n) is 18.0. The van der Waals surface area contributed by atoms with Gasteiger partial charge in [-0.05, 0) is 30.2 Å². The van der Waals surface area contributed by atoms with Gasteiger partial charge in [-0.3, -0.25) is 9.69 Å². The number of hydrogen-bond donors (Lipinski definition) is 1. The van der Waals surface area contributed by atoms with Crippen LogP contribution in [0, 0.1) is 16.7 Å². The number of nitrogens with zero attached hydrogens (tertiary/aromatic N) is 3. The highest BCUT2D eigenvalue weighted by atomic mass is 35.5. The minimum Gasteiger partial charge on any atom is -0.481 e. The van der Waals surface area contributed by atoms with Crippen molar-refractivity contribution in [3.63, 3.8) is 0 Å². The van der Waals surface area contributed by atoms with Crippen molar-refractivity contribution in [3.05, 3.63) is 21.8 Å². The van der Waals surface area contributed by atoms with Gasteiger partial charge in [0.15, 0.2) is 10.8 Å². The summed E-state index contributed by atoms with van der Waals surface area (Å²) in [7, 11) is 0. The summed E-state index contributed by atoms with van der Waals surface area (Å²) in [5, 5.41) is 9.41. The molecule has 172 valence electrons. The van der Waals surface area contributed by atoms with Gasteiger partial charge < -0.3 is 5.11 Å². The maximum absolute atomic E-state index is 13.1. The number of thiophene rings is 1. The van der Waals surface area contributed by atoms with Crippen molar-refractivity contribution in [1.29, 1.82) is 0 Å². The van der Waals surface area contributed by atoms with E-state index < -0.39 is 28.4 Å². The number of fused-ring (bicyclic) bond motifs is 1. The van der Waals surface area contributed by atoms with Crippen LogP contribution >= 0.6 is 22.9 Å². The molecule has 0 aliphatic carbocycles. The van der Waals surface area contributed by atoms with E-state index in [9.17, 15) is 23.1 Å². The van der Waals surface area contributed by atoms with E-state index >= 15 is 0 Å². The van der Waals surface area contributed by atoms with Gasteiger partial charge in [0, 0.05) is 24.5 Å². The summed E-state index contributed by atoms with van der Waals surface area (Å²) in [6.07, 6.45) is -2.69. The molecule has 3 rings (SSSR count). The fourth-order valence-corrected chi connectivity index (χ4v) is 5.64. The van der Waals surface area contributed by atoms with Crippen LogP contribution in [-0.2, 0) is 17.5 Å². The molecule has 0 saturated carbocycles. The van der Waals surface area contributed by atoms with Crippen LogP contribution in [0.4, 0.5) is 13.2 Å². The molecular weight excluding hydrogens is 451 g/mol. The van der Waals surface area contributed by atoms with Crippen LogP contribution < -0.4 is 0 Å². The molecule has 5 nitrogen and oxygen atoms in total. The second kappa shape index (κ2) is 8.48. The molecule has 3 heterocycles. The van der Waals surface area contributed by atoms with Crippen LogP contribution in [0.1, 0.15) is 57.5 Å². The molecule has 2 atom stereocenters. The fourth-order valence-electron chi connectivity index (χ4n) is 4.39. The standard InChI is InChI=1S/C21H27ClF3N3O2S/c1-5-6-20(18(29)30)8-12(19(2,3)4)9-28(11-20)10-13-7-14-17(31-13)27-15(16(22)26-14)21(23,24)25/h7,12H,5-6,8-11H2,1-4H3,(H,29,30)/t12-,20-/m1/s1. The summed E-state index contributed by atoms with van der Waals surface area (Å²) in [6.45, 7) is 9.92. The number of aliphatic carboxylic acids is 1. The third kappa shape index (κ3) is 5.14. The Morgan fingerprint density at radius 3 is 2.58 bits per heavy atom. The van der Waals surface area contributed by atoms with Crippen molar-refractivity contribution >= 4 is 39.3 Å². The largest absolute Gasteiger partial charge is 0.481 e.